The van der Waals surface area contributed by atoms with Gasteiger partial charge in [0.2, 0.25) is 0 Å². The second kappa shape index (κ2) is 2.35. The third-order valence-electron chi connectivity index (χ3n) is 1.67. The van der Waals surface area contributed by atoms with E-state index in [1.807, 2.05) is 6.92 Å². The minimum absolute atomic E-state index is 0.154. The van der Waals surface area contributed by atoms with Crippen LogP contribution in [0, 0.1) is 5.92 Å². The first-order chi connectivity index (χ1) is 4.20. The molecule has 0 aromatic heterocycles. The van der Waals surface area contributed by atoms with Crippen LogP contribution in [0.5, 0.6) is 0 Å². The maximum absolute atomic E-state index is 10.1. The Kier molecular flexibility index (Phi) is 1.71. The summed E-state index contributed by atoms with van der Waals surface area (Å²) in [5, 5.41) is 8.31. The van der Waals surface area contributed by atoms with Gasteiger partial charge in [0.05, 0.1) is 19.1 Å². The molecule has 2 atom stereocenters. The van der Waals surface area contributed by atoms with E-state index >= 15 is 0 Å². The summed E-state index contributed by atoms with van der Waals surface area (Å²) in [5.41, 5.74) is 0. The van der Waals surface area contributed by atoms with Gasteiger partial charge in [0.15, 0.2) is 0 Å². The molecule has 1 saturated heterocycles. The number of aliphatic carboxylic acids is 1. The molecule has 1 rings (SSSR count). The van der Waals surface area contributed by atoms with Gasteiger partial charge in [-0.2, -0.15) is 0 Å². The molecule has 0 aromatic carbocycles. The number of hydrogen-bond donors (Lipinski definition) is 1. The Morgan fingerprint density at radius 3 is 2.67 bits per heavy atom. The molecule has 3 nitrogen and oxygen atoms in total. The predicted molar refractivity (Wildman–Crippen MR) is 31.2 cm³/mol. The van der Waals surface area contributed by atoms with Crippen LogP contribution in [0.2, 0.25) is 0 Å². The van der Waals surface area contributed by atoms with Crippen LogP contribution in [0.3, 0.4) is 0 Å². The molecular weight excluding hydrogens is 120 g/mol. The molecule has 0 unspecified atom stereocenters. The molecule has 1 N–H and O–H groups in total. The zero-order valence-corrected chi connectivity index (χ0v) is 5.33. The fraction of sp³-hybridized carbons (Fsp3) is 0.833. The van der Waals surface area contributed by atoms with E-state index < -0.39 is 5.97 Å². The Morgan fingerprint density at radius 1 is 1.89 bits per heavy atom. The quantitative estimate of drug-likeness (QED) is 0.592. The van der Waals surface area contributed by atoms with E-state index in [2.05, 4.69) is 0 Å². The van der Waals surface area contributed by atoms with Gasteiger partial charge in [-0.15, -0.1) is 0 Å². The second-order valence-electron chi connectivity index (χ2n) is 2.40. The molecular formula is C6H10O3. The lowest BCUT2D eigenvalue weighted by atomic mass is 9.96. The van der Waals surface area contributed by atoms with E-state index in [0.29, 0.717) is 6.61 Å². The topological polar surface area (TPSA) is 46.5 Å². The third-order valence-corrected chi connectivity index (χ3v) is 1.67. The van der Waals surface area contributed by atoms with Crippen molar-refractivity contribution in [2.24, 2.45) is 5.92 Å². The highest BCUT2D eigenvalue weighted by atomic mass is 16.5. The van der Waals surface area contributed by atoms with Crippen molar-refractivity contribution in [3.05, 3.63) is 0 Å². The molecule has 1 aliphatic rings. The van der Waals surface area contributed by atoms with Crippen molar-refractivity contribution in [1.29, 1.82) is 0 Å². The smallest absolute Gasteiger partial charge is 0.303 e. The van der Waals surface area contributed by atoms with Crippen molar-refractivity contribution >= 4 is 5.97 Å². The average Bonchev–Trinajstić information content (AvgIpc) is 1.79. The molecule has 0 radical (unpaired) electrons. The molecule has 0 aromatic rings. The van der Waals surface area contributed by atoms with Crippen molar-refractivity contribution in [3.63, 3.8) is 0 Å². The summed E-state index contributed by atoms with van der Waals surface area (Å²) in [5.74, 6) is -0.474. The molecule has 9 heavy (non-hydrogen) atoms. The molecule has 1 fully saturated rings. The van der Waals surface area contributed by atoms with Crippen molar-refractivity contribution in [1.82, 2.24) is 0 Å². The van der Waals surface area contributed by atoms with Gasteiger partial charge >= 0.3 is 5.97 Å². The Hall–Kier alpha value is -0.570. The van der Waals surface area contributed by atoms with Crippen LogP contribution in [0.1, 0.15) is 13.3 Å². The van der Waals surface area contributed by atoms with Crippen LogP contribution in [0.15, 0.2) is 0 Å². The van der Waals surface area contributed by atoms with Crippen LogP contribution < -0.4 is 0 Å². The summed E-state index contributed by atoms with van der Waals surface area (Å²) in [7, 11) is 0. The predicted octanol–water partition coefficient (Wildman–Crippen LogP) is 0.496. The Labute approximate surface area is 53.6 Å². The van der Waals surface area contributed by atoms with Crippen LogP contribution >= 0.6 is 0 Å². The fourth-order valence-corrected chi connectivity index (χ4v) is 0.874. The highest BCUT2D eigenvalue weighted by Crippen LogP contribution is 2.22. The molecule has 1 aliphatic heterocycles. The maximum Gasteiger partial charge on any atom is 0.303 e. The second-order valence-corrected chi connectivity index (χ2v) is 2.40. The Bertz CT molecular complexity index is 121. The minimum atomic E-state index is -0.727. The summed E-state index contributed by atoms with van der Waals surface area (Å²) >= 11 is 0. The number of ether oxygens (including phenoxy) is 1. The lowest BCUT2D eigenvalue weighted by Crippen LogP contribution is -2.38. The third kappa shape index (κ3) is 1.42. The van der Waals surface area contributed by atoms with E-state index in [1.165, 1.54) is 0 Å². The first-order valence-corrected chi connectivity index (χ1v) is 3.03. The average molecular weight is 130 g/mol. The van der Waals surface area contributed by atoms with E-state index in [-0.39, 0.29) is 18.4 Å². The van der Waals surface area contributed by atoms with Crippen LogP contribution in [0.25, 0.3) is 0 Å². The molecule has 0 spiro atoms. The van der Waals surface area contributed by atoms with Gasteiger partial charge in [0, 0.05) is 5.92 Å². The minimum Gasteiger partial charge on any atom is -0.481 e. The zero-order valence-electron chi connectivity index (χ0n) is 5.33. The molecule has 0 amide bonds. The molecule has 0 aliphatic carbocycles. The van der Waals surface area contributed by atoms with Gasteiger partial charge in [0.25, 0.3) is 0 Å². The van der Waals surface area contributed by atoms with Gasteiger partial charge in [-0.3, -0.25) is 4.79 Å². The van der Waals surface area contributed by atoms with Crippen molar-refractivity contribution in [2.75, 3.05) is 6.61 Å². The van der Waals surface area contributed by atoms with Gasteiger partial charge < -0.3 is 9.84 Å². The normalized spacial score (nSPS) is 33.4. The van der Waals surface area contributed by atoms with E-state index in [4.69, 9.17) is 9.84 Å². The Morgan fingerprint density at radius 2 is 2.56 bits per heavy atom. The monoisotopic (exact) mass is 130 g/mol. The zero-order chi connectivity index (χ0) is 6.85. The summed E-state index contributed by atoms with van der Waals surface area (Å²) in [6, 6.07) is 0. The molecule has 52 valence electrons. The molecule has 3 heteroatoms. The molecule has 0 bridgehead atoms. The maximum atomic E-state index is 10.1. The summed E-state index contributed by atoms with van der Waals surface area (Å²) < 4.78 is 4.98. The highest BCUT2D eigenvalue weighted by Gasteiger charge is 2.29. The lowest BCUT2D eigenvalue weighted by molar-refractivity contribution is -0.150. The summed E-state index contributed by atoms with van der Waals surface area (Å²) in [6.45, 7) is 2.52. The SMILES string of the molecule is C[C@@H]1OC[C@H]1CC(=O)O. The number of hydrogen-bond acceptors (Lipinski definition) is 2. The van der Waals surface area contributed by atoms with E-state index in [0.717, 1.165) is 0 Å². The van der Waals surface area contributed by atoms with Gasteiger partial charge in [0.1, 0.15) is 0 Å². The number of carboxylic acids is 1. The fourth-order valence-electron chi connectivity index (χ4n) is 0.874. The highest BCUT2D eigenvalue weighted by molar-refractivity contribution is 5.67. The van der Waals surface area contributed by atoms with Gasteiger partial charge in [-0.1, -0.05) is 0 Å². The van der Waals surface area contributed by atoms with Crippen molar-refractivity contribution < 1.29 is 14.6 Å². The van der Waals surface area contributed by atoms with Crippen molar-refractivity contribution in [2.45, 2.75) is 19.4 Å². The summed E-state index contributed by atoms with van der Waals surface area (Å²) in [4.78, 5) is 10.1. The number of rotatable bonds is 2. The van der Waals surface area contributed by atoms with Gasteiger partial charge in [-0.05, 0) is 6.92 Å². The largest absolute Gasteiger partial charge is 0.481 e. The van der Waals surface area contributed by atoms with Crippen molar-refractivity contribution in [3.8, 4) is 0 Å². The Balaban J connectivity index is 2.21. The van der Waals surface area contributed by atoms with E-state index in [9.17, 15) is 4.79 Å². The number of carboxylic acid groups (broad SMARTS) is 1. The number of carbonyl (C=O) groups is 1. The van der Waals surface area contributed by atoms with Crippen LogP contribution in [-0.2, 0) is 9.53 Å². The molecule has 1 heterocycles. The first kappa shape index (κ1) is 6.55. The summed E-state index contributed by atoms with van der Waals surface area (Å²) in [6.07, 6.45) is 0.405. The van der Waals surface area contributed by atoms with Crippen LogP contribution in [0.4, 0.5) is 0 Å². The molecule has 0 saturated carbocycles. The first-order valence-electron chi connectivity index (χ1n) is 3.03. The van der Waals surface area contributed by atoms with Gasteiger partial charge in [-0.25, -0.2) is 0 Å². The lowest BCUT2D eigenvalue weighted by Gasteiger charge is -2.32. The standard InChI is InChI=1S/C6H10O3/c1-4-5(3-9-4)2-6(7)8/h4-5H,2-3H2,1H3,(H,7,8)/t4-,5+/m0/s1. The van der Waals surface area contributed by atoms with E-state index in [1.54, 1.807) is 0 Å². The van der Waals surface area contributed by atoms with Crippen LogP contribution in [-0.4, -0.2) is 23.8 Å².